The molecule has 1 aromatic rings. The van der Waals surface area contributed by atoms with Crippen LogP contribution >= 0.6 is 24.0 Å². The number of morpholine rings is 1. The summed E-state index contributed by atoms with van der Waals surface area (Å²) in [6.45, 7) is 11.3. The lowest BCUT2D eigenvalue weighted by molar-refractivity contribution is 0.00742. The zero-order chi connectivity index (χ0) is 19.9. The van der Waals surface area contributed by atoms with Gasteiger partial charge in [-0.05, 0) is 30.0 Å². The first-order valence-corrected chi connectivity index (χ1v) is 10.5. The Balaban J connectivity index is 0.00000300. The Bertz CT molecular complexity index is 632. The molecule has 0 amide bonds. The number of hydrogen-bond donors (Lipinski definition) is 1. The van der Waals surface area contributed by atoms with Gasteiger partial charge in [-0.25, -0.2) is 0 Å². The van der Waals surface area contributed by atoms with Crippen molar-refractivity contribution < 1.29 is 9.47 Å². The summed E-state index contributed by atoms with van der Waals surface area (Å²) < 4.78 is 10.8. The summed E-state index contributed by atoms with van der Waals surface area (Å²) in [5.41, 5.74) is 1.38. The van der Waals surface area contributed by atoms with Gasteiger partial charge in [0.05, 0.1) is 20.3 Å². The maximum atomic E-state index is 5.52. The molecule has 2 atom stereocenters. The molecule has 2 aliphatic rings. The minimum atomic E-state index is 0. The van der Waals surface area contributed by atoms with Crippen LogP contribution in [0, 0.1) is 5.92 Å². The summed E-state index contributed by atoms with van der Waals surface area (Å²) in [6.07, 6.45) is 1.16. The van der Waals surface area contributed by atoms with Crippen LogP contribution < -0.4 is 10.1 Å². The Morgan fingerprint density at radius 2 is 1.90 bits per heavy atom. The van der Waals surface area contributed by atoms with E-state index in [9.17, 15) is 0 Å². The largest absolute Gasteiger partial charge is 0.497 e. The van der Waals surface area contributed by atoms with Gasteiger partial charge in [-0.1, -0.05) is 26.0 Å². The highest BCUT2D eigenvalue weighted by Crippen LogP contribution is 2.28. The van der Waals surface area contributed by atoms with Gasteiger partial charge in [0.1, 0.15) is 5.75 Å². The van der Waals surface area contributed by atoms with Crippen LogP contribution in [0.2, 0.25) is 0 Å². The van der Waals surface area contributed by atoms with Gasteiger partial charge in [0.25, 0.3) is 0 Å². The van der Waals surface area contributed by atoms with E-state index in [-0.39, 0.29) is 24.0 Å². The molecule has 6 nitrogen and oxygen atoms in total. The van der Waals surface area contributed by atoms with Crippen molar-refractivity contribution in [3.8, 4) is 5.75 Å². The Hall–Kier alpha value is -1.06. The predicted octanol–water partition coefficient (Wildman–Crippen LogP) is 3.03. The van der Waals surface area contributed by atoms with Gasteiger partial charge >= 0.3 is 0 Å². The molecule has 164 valence electrons. The second-order valence-electron chi connectivity index (χ2n) is 8.09. The molecule has 2 fully saturated rings. The molecule has 7 heteroatoms. The van der Waals surface area contributed by atoms with E-state index in [4.69, 9.17) is 9.47 Å². The lowest BCUT2D eigenvalue weighted by atomic mass is 9.98. The topological polar surface area (TPSA) is 49.3 Å². The molecule has 2 aliphatic heterocycles. The highest BCUT2D eigenvalue weighted by Gasteiger charge is 2.28. The quantitative estimate of drug-likeness (QED) is 0.358. The molecular formula is C22H37IN4O2. The van der Waals surface area contributed by atoms with E-state index in [0.717, 1.165) is 64.1 Å². The Morgan fingerprint density at radius 1 is 1.21 bits per heavy atom. The molecule has 0 aromatic heterocycles. The smallest absolute Gasteiger partial charge is 0.193 e. The average Bonchev–Trinajstić information content (AvgIpc) is 3.21. The van der Waals surface area contributed by atoms with Crippen molar-refractivity contribution in [3.05, 3.63) is 29.8 Å². The Labute approximate surface area is 193 Å². The molecule has 3 rings (SSSR count). The lowest BCUT2D eigenvalue weighted by Gasteiger charge is -2.37. The van der Waals surface area contributed by atoms with Crippen molar-refractivity contribution in [2.24, 2.45) is 10.9 Å². The van der Waals surface area contributed by atoms with Crippen LogP contribution in [0.4, 0.5) is 0 Å². The van der Waals surface area contributed by atoms with Crippen molar-refractivity contribution in [1.82, 2.24) is 15.1 Å². The molecular weight excluding hydrogens is 479 g/mol. The van der Waals surface area contributed by atoms with Gasteiger partial charge in [-0.2, -0.15) is 0 Å². The van der Waals surface area contributed by atoms with Gasteiger partial charge in [0.2, 0.25) is 0 Å². The summed E-state index contributed by atoms with van der Waals surface area (Å²) in [4.78, 5) is 9.52. The normalized spacial score (nSPS) is 21.8. The third-order valence-electron chi connectivity index (χ3n) is 6.04. The van der Waals surface area contributed by atoms with Gasteiger partial charge in [0, 0.05) is 51.7 Å². The van der Waals surface area contributed by atoms with Crippen LogP contribution in [0.25, 0.3) is 0 Å². The standard InChI is InChI=1S/C22H36N4O2.HI/c1-17(2)21(25-11-13-28-14-12-25)15-24-22(23-3)26-10-9-19(16-26)18-5-7-20(27-4)8-6-18;/h5-8,17,19,21H,9-16H2,1-4H3,(H,23,24);1H. The molecule has 0 bridgehead atoms. The van der Waals surface area contributed by atoms with E-state index in [2.05, 4.69) is 58.2 Å². The first-order valence-electron chi connectivity index (χ1n) is 10.5. The van der Waals surface area contributed by atoms with Crippen LogP contribution in [-0.2, 0) is 4.74 Å². The second kappa shape index (κ2) is 12.0. The highest BCUT2D eigenvalue weighted by atomic mass is 127. The van der Waals surface area contributed by atoms with E-state index in [1.165, 1.54) is 5.56 Å². The fourth-order valence-electron chi connectivity index (χ4n) is 4.32. The number of hydrogen-bond acceptors (Lipinski definition) is 4. The average molecular weight is 516 g/mol. The van der Waals surface area contributed by atoms with E-state index >= 15 is 0 Å². The zero-order valence-electron chi connectivity index (χ0n) is 18.3. The van der Waals surface area contributed by atoms with Crippen LogP contribution in [0.3, 0.4) is 0 Å². The summed E-state index contributed by atoms with van der Waals surface area (Å²) in [6, 6.07) is 8.99. The molecule has 2 saturated heterocycles. The lowest BCUT2D eigenvalue weighted by Crippen LogP contribution is -2.53. The first kappa shape index (κ1) is 24.2. The van der Waals surface area contributed by atoms with Gasteiger partial charge < -0.3 is 19.7 Å². The van der Waals surface area contributed by atoms with Crippen molar-refractivity contribution in [2.75, 3.05) is 60.1 Å². The molecule has 29 heavy (non-hydrogen) atoms. The number of methoxy groups -OCH3 is 1. The van der Waals surface area contributed by atoms with Crippen molar-refractivity contribution in [1.29, 1.82) is 0 Å². The van der Waals surface area contributed by atoms with Gasteiger partial charge in [-0.3, -0.25) is 9.89 Å². The van der Waals surface area contributed by atoms with Crippen molar-refractivity contribution in [3.63, 3.8) is 0 Å². The number of nitrogens with zero attached hydrogens (tertiary/aromatic N) is 3. The molecule has 2 heterocycles. The molecule has 0 spiro atoms. The monoisotopic (exact) mass is 516 g/mol. The van der Waals surface area contributed by atoms with Gasteiger partial charge in [-0.15, -0.1) is 24.0 Å². The summed E-state index contributed by atoms with van der Waals surface area (Å²) >= 11 is 0. The first-order chi connectivity index (χ1) is 13.6. The summed E-state index contributed by atoms with van der Waals surface area (Å²) in [5, 5.41) is 3.65. The number of halogens is 1. The fraction of sp³-hybridized carbons (Fsp3) is 0.682. The van der Waals surface area contributed by atoms with Gasteiger partial charge in [0.15, 0.2) is 5.96 Å². The zero-order valence-corrected chi connectivity index (χ0v) is 20.6. The molecule has 1 aromatic carbocycles. The maximum Gasteiger partial charge on any atom is 0.193 e. The molecule has 1 N–H and O–H groups in total. The minimum absolute atomic E-state index is 0. The SMILES string of the molecule is CN=C(NCC(C(C)C)N1CCOCC1)N1CCC(c2ccc(OC)cc2)C1.I. The van der Waals surface area contributed by atoms with Crippen molar-refractivity contribution >= 4 is 29.9 Å². The van der Waals surface area contributed by atoms with Crippen LogP contribution in [-0.4, -0.2) is 81.9 Å². The van der Waals surface area contributed by atoms with Crippen molar-refractivity contribution in [2.45, 2.75) is 32.2 Å². The van der Waals surface area contributed by atoms with E-state index in [0.29, 0.717) is 17.9 Å². The summed E-state index contributed by atoms with van der Waals surface area (Å²) in [7, 11) is 3.60. The minimum Gasteiger partial charge on any atom is -0.497 e. The van der Waals surface area contributed by atoms with Crippen LogP contribution in [0.1, 0.15) is 31.7 Å². The van der Waals surface area contributed by atoms with E-state index < -0.39 is 0 Å². The number of benzene rings is 1. The highest BCUT2D eigenvalue weighted by molar-refractivity contribution is 14.0. The number of rotatable bonds is 6. The molecule has 0 radical (unpaired) electrons. The fourth-order valence-corrected chi connectivity index (χ4v) is 4.32. The summed E-state index contributed by atoms with van der Waals surface area (Å²) in [5.74, 6) is 3.08. The number of guanidine groups is 1. The van der Waals surface area contributed by atoms with Crippen LogP contribution in [0.5, 0.6) is 5.75 Å². The molecule has 2 unspecified atom stereocenters. The Kier molecular flexibility index (Phi) is 9.98. The van der Waals surface area contributed by atoms with E-state index in [1.54, 1.807) is 7.11 Å². The van der Waals surface area contributed by atoms with E-state index in [1.807, 2.05) is 7.05 Å². The number of nitrogens with one attached hydrogen (secondary N) is 1. The molecule has 0 saturated carbocycles. The third kappa shape index (κ3) is 6.46. The maximum absolute atomic E-state index is 5.52. The number of likely N-dealkylation sites (tertiary alicyclic amines) is 1. The third-order valence-corrected chi connectivity index (χ3v) is 6.04. The van der Waals surface area contributed by atoms with Crippen LogP contribution in [0.15, 0.2) is 29.3 Å². The number of aliphatic imine (C=N–C) groups is 1. The Morgan fingerprint density at radius 3 is 2.48 bits per heavy atom. The number of ether oxygens (including phenoxy) is 2. The predicted molar refractivity (Wildman–Crippen MR) is 130 cm³/mol. The second-order valence-corrected chi connectivity index (χ2v) is 8.09. The molecule has 0 aliphatic carbocycles.